The molecular weight excluding hydrogens is 288 g/mol. The Balaban J connectivity index is 2.11. The van der Waals surface area contributed by atoms with Crippen molar-refractivity contribution in [2.45, 2.75) is 50.8 Å². The first kappa shape index (κ1) is 15.9. The average molecular weight is 310 g/mol. The van der Waals surface area contributed by atoms with Gasteiger partial charge in [0.25, 0.3) is 5.69 Å². The minimum absolute atomic E-state index is 0.119. The highest BCUT2D eigenvalue weighted by atomic mass is 32.2. The molecule has 6 heteroatoms. The molecule has 0 aliphatic heterocycles. The molecule has 1 fully saturated rings. The van der Waals surface area contributed by atoms with E-state index < -0.39 is 10.8 Å². The number of hydrogen-bond donors (Lipinski definition) is 1. The van der Waals surface area contributed by atoms with Crippen LogP contribution in [0.2, 0.25) is 0 Å². The molecule has 0 aromatic heterocycles. The molecule has 1 aromatic carbocycles. The summed E-state index contributed by atoms with van der Waals surface area (Å²) in [7, 11) is -0.784. The Morgan fingerprint density at radius 2 is 2.19 bits per heavy atom. The van der Waals surface area contributed by atoms with Gasteiger partial charge in [0.15, 0.2) is 0 Å². The van der Waals surface area contributed by atoms with E-state index >= 15 is 0 Å². The summed E-state index contributed by atoms with van der Waals surface area (Å²) in [6.45, 7) is 3.79. The summed E-state index contributed by atoms with van der Waals surface area (Å²) in [5.41, 5.74) is 1.56. The molecule has 1 aromatic rings. The minimum Gasteiger partial charge on any atom is -0.377 e. The monoisotopic (exact) mass is 310 g/mol. The largest absolute Gasteiger partial charge is 0.377 e. The molecule has 0 spiro atoms. The van der Waals surface area contributed by atoms with Crippen molar-refractivity contribution < 1.29 is 9.13 Å². The van der Waals surface area contributed by atoms with Gasteiger partial charge in [-0.15, -0.1) is 0 Å². The molecule has 3 atom stereocenters. The first-order valence-electron chi connectivity index (χ1n) is 7.40. The van der Waals surface area contributed by atoms with Gasteiger partial charge in [-0.2, -0.15) is 0 Å². The van der Waals surface area contributed by atoms with Gasteiger partial charge < -0.3 is 5.32 Å². The second-order valence-electron chi connectivity index (χ2n) is 5.58. The Morgan fingerprint density at radius 3 is 2.86 bits per heavy atom. The van der Waals surface area contributed by atoms with Gasteiger partial charge in [-0.1, -0.05) is 19.4 Å². The Morgan fingerprint density at radius 1 is 1.43 bits per heavy atom. The summed E-state index contributed by atoms with van der Waals surface area (Å²) in [5.74, 6) is 0.683. The Kier molecular flexibility index (Phi) is 5.33. The van der Waals surface area contributed by atoms with Crippen LogP contribution in [0.25, 0.3) is 0 Å². The maximum absolute atomic E-state index is 12.0. The number of nitro groups is 1. The van der Waals surface area contributed by atoms with Crippen LogP contribution in [0.5, 0.6) is 0 Å². The molecule has 1 aliphatic carbocycles. The normalized spacial score (nSPS) is 23.5. The van der Waals surface area contributed by atoms with Crippen LogP contribution in [0.3, 0.4) is 0 Å². The highest BCUT2D eigenvalue weighted by Crippen LogP contribution is 2.30. The fourth-order valence-corrected chi connectivity index (χ4v) is 4.23. The number of nitro benzene ring substituents is 1. The summed E-state index contributed by atoms with van der Waals surface area (Å²) in [6, 6.07) is 5.40. The summed E-state index contributed by atoms with van der Waals surface area (Å²) in [5, 5.41) is 14.7. The first-order chi connectivity index (χ1) is 10.0. The van der Waals surface area contributed by atoms with Gasteiger partial charge in [0, 0.05) is 33.9 Å². The van der Waals surface area contributed by atoms with Crippen molar-refractivity contribution in [2.75, 3.05) is 11.1 Å². The van der Waals surface area contributed by atoms with Crippen molar-refractivity contribution in [1.29, 1.82) is 0 Å². The zero-order valence-electron chi connectivity index (χ0n) is 12.5. The molecule has 0 heterocycles. The van der Waals surface area contributed by atoms with E-state index in [9.17, 15) is 14.3 Å². The van der Waals surface area contributed by atoms with Crippen LogP contribution in [-0.2, 0) is 10.8 Å². The average Bonchev–Trinajstić information content (AvgIpc) is 2.48. The lowest BCUT2D eigenvalue weighted by Crippen LogP contribution is -2.33. The molecule has 1 aliphatic rings. The van der Waals surface area contributed by atoms with Gasteiger partial charge in [-0.25, -0.2) is 0 Å². The lowest BCUT2D eigenvalue weighted by Gasteiger charge is -2.29. The molecule has 2 rings (SSSR count). The quantitative estimate of drug-likeness (QED) is 0.668. The fourth-order valence-electron chi connectivity index (χ4n) is 2.89. The molecular formula is C15H22N2O3S. The smallest absolute Gasteiger partial charge is 0.292 e. The van der Waals surface area contributed by atoms with E-state index in [1.165, 1.54) is 0 Å². The number of nitrogens with zero attached hydrogens (tertiary/aromatic N) is 1. The van der Waals surface area contributed by atoms with Crippen LogP contribution in [0.4, 0.5) is 11.4 Å². The first-order valence-corrected chi connectivity index (χ1v) is 8.78. The van der Waals surface area contributed by atoms with Gasteiger partial charge in [0.05, 0.1) is 4.92 Å². The number of aryl methyl sites for hydroxylation is 1. The van der Waals surface area contributed by atoms with Gasteiger partial charge in [0.2, 0.25) is 0 Å². The highest BCUT2D eigenvalue weighted by Gasteiger charge is 2.27. The van der Waals surface area contributed by atoms with Gasteiger partial charge in [-0.05, 0) is 37.8 Å². The van der Waals surface area contributed by atoms with Crippen LogP contribution in [0, 0.1) is 17.0 Å². The molecule has 5 nitrogen and oxygen atoms in total. The summed E-state index contributed by atoms with van der Waals surface area (Å²) < 4.78 is 12.0. The fraction of sp³-hybridized carbons (Fsp3) is 0.600. The molecule has 0 radical (unpaired) electrons. The predicted molar refractivity (Wildman–Crippen MR) is 86.2 cm³/mol. The second-order valence-corrected chi connectivity index (χ2v) is 7.58. The third-order valence-electron chi connectivity index (χ3n) is 3.99. The Labute approximate surface area is 127 Å². The van der Waals surface area contributed by atoms with E-state index in [0.717, 1.165) is 31.2 Å². The zero-order valence-corrected chi connectivity index (χ0v) is 13.3. The van der Waals surface area contributed by atoms with Crippen LogP contribution < -0.4 is 5.32 Å². The maximum Gasteiger partial charge on any atom is 0.292 e. The van der Waals surface area contributed by atoms with Crippen LogP contribution in [-0.4, -0.2) is 26.2 Å². The summed E-state index contributed by atoms with van der Waals surface area (Å²) in [4.78, 5) is 10.8. The van der Waals surface area contributed by atoms with Crippen molar-refractivity contribution in [3.8, 4) is 0 Å². The van der Waals surface area contributed by atoms with Crippen LogP contribution in [0.1, 0.15) is 38.2 Å². The zero-order chi connectivity index (χ0) is 15.4. The van der Waals surface area contributed by atoms with Crippen molar-refractivity contribution >= 4 is 22.2 Å². The minimum atomic E-state index is -0.784. The molecule has 0 bridgehead atoms. The molecule has 116 valence electrons. The Bertz CT molecular complexity index is 548. The predicted octanol–water partition coefficient (Wildman–Crippen LogP) is 3.39. The highest BCUT2D eigenvalue weighted by molar-refractivity contribution is 7.85. The van der Waals surface area contributed by atoms with E-state index in [1.807, 2.05) is 19.9 Å². The van der Waals surface area contributed by atoms with Gasteiger partial charge in [-0.3, -0.25) is 14.3 Å². The van der Waals surface area contributed by atoms with E-state index in [4.69, 9.17) is 0 Å². The van der Waals surface area contributed by atoms with E-state index in [-0.39, 0.29) is 21.9 Å². The third-order valence-corrected chi connectivity index (χ3v) is 5.73. The Hall–Kier alpha value is -1.43. The number of nitrogens with one attached hydrogen (secondary N) is 1. The molecule has 0 saturated heterocycles. The molecule has 21 heavy (non-hydrogen) atoms. The van der Waals surface area contributed by atoms with Crippen molar-refractivity contribution in [3.05, 3.63) is 33.9 Å². The van der Waals surface area contributed by atoms with Gasteiger partial charge in [0.1, 0.15) is 5.69 Å². The van der Waals surface area contributed by atoms with Crippen LogP contribution in [0.15, 0.2) is 18.2 Å². The summed E-state index contributed by atoms with van der Waals surface area (Å²) >= 11 is 0. The third kappa shape index (κ3) is 4.03. The SMILES string of the molecule is CCS(=O)C1CCCC(Nc2ccc(C)cc2[N+](=O)[O-])C1. The molecule has 1 N–H and O–H groups in total. The number of benzene rings is 1. The lowest BCUT2D eigenvalue weighted by molar-refractivity contribution is -0.384. The topological polar surface area (TPSA) is 72.2 Å². The van der Waals surface area contributed by atoms with E-state index in [0.29, 0.717) is 11.4 Å². The number of hydrogen-bond acceptors (Lipinski definition) is 4. The molecule has 0 amide bonds. The second kappa shape index (κ2) is 7.02. The van der Waals surface area contributed by atoms with E-state index in [1.54, 1.807) is 12.1 Å². The molecule has 1 saturated carbocycles. The standard InChI is InChI=1S/C15H22N2O3S/c1-3-21(20)13-6-4-5-12(10-13)16-14-8-7-11(2)9-15(14)17(18)19/h7-9,12-13,16H,3-6,10H2,1-2H3. The molecule has 3 unspecified atom stereocenters. The van der Waals surface area contributed by atoms with Gasteiger partial charge >= 0.3 is 0 Å². The van der Waals surface area contributed by atoms with Crippen molar-refractivity contribution in [1.82, 2.24) is 0 Å². The van der Waals surface area contributed by atoms with E-state index in [2.05, 4.69) is 5.32 Å². The lowest BCUT2D eigenvalue weighted by atomic mass is 9.94. The summed E-state index contributed by atoms with van der Waals surface area (Å²) in [6.07, 6.45) is 3.82. The number of anilines is 1. The van der Waals surface area contributed by atoms with Crippen molar-refractivity contribution in [3.63, 3.8) is 0 Å². The number of rotatable bonds is 5. The van der Waals surface area contributed by atoms with Crippen LogP contribution >= 0.6 is 0 Å². The maximum atomic E-state index is 12.0. The van der Waals surface area contributed by atoms with Crippen molar-refractivity contribution in [2.24, 2.45) is 0 Å².